The lowest BCUT2D eigenvalue weighted by atomic mass is 9.98. The molecule has 0 spiro atoms. The zero-order valence-corrected chi connectivity index (χ0v) is 28.8. The van der Waals surface area contributed by atoms with Crippen LogP contribution in [0, 0.1) is 0 Å². The fourth-order valence-electron chi connectivity index (χ4n) is 8.29. The summed E-state index contributed by atoms with van der Waals surface area (Å²) in [5, 5.41) is 9.57. The van der Waals surface area contributed by atoms with Gasteiger partial charge in [0.1, 0.15) is 5.58 Å². The predicted octanol–water partition coefficient (Wildman–Crippen LogP) is 14.1. The van der Waals surface area contributed by atoms with Crippen LogP contribution in [0.3, 0.4) is 0 Å². The lowest BCUT2D eigenvalue weighted by Gasteiger charge is -2.26. The smallest absolute Gasteiger partial charge is 0.159 e. The number of hydrogen-bond donors (Lipinski definition) is 0. The Morgan fingerprint density at radius 3 is 1.89 bits per heavy atom. The third kappa shape index (κ3) is 4.68. The number of aromatic nitrogens is 1. The van der Waals surface area contributed by atoms with Gasteiger partial charge in [-0.25, -0.2) is 0 Å². The third-order valence-corrected chi connectivity index (χ3v) is 10.7. The van der Waals surface area contributed by atoms with Crippen molar-refractivity contribution < 1.29 is 4.42 Å². The Hall–Kier alpha value is -7.10. The van der Waals surface area contributed by atoms with Gasteiger partial charge in [0.05, 0.1) is 16.7 Å². The van der Waals surface area contributed by atoms with Crippen molar-refractivity contribution in [3.63, 3.8) is 0 Å². The second-order valence-electron chi connectivity index (χ2n) is 13.7. The van der Waals surface area contributed by atoms with Gasteiger partial charge in [-0.1, -0.05) is 127 Å². The first kappa shape index (κ1) is 29.6. The Morgan fingerprint density at radius 1 is 0.396 bits per heavy atom. The highest BCUT2D eigenvalue weighted by atomic mass is 16.3. The number of rotatable bonds is 5. The van der Waals surface area contributed by atoms with Crippen molar-refractivity contribution >= 4 is 82.4 Å². The molecule has 0 fully saturated rings. The minimum atomic E-state index is 0.865. The Balaban J connectivity index is 1.16. The molecule has 3 heteroatoms. The molecule has 3 nitrogen and oxygen atoms in total. The number of nitrogens with zero attached hydrogens (tertiary/aromatic N) is 2. The van der Waals surface area contributed by atoms with E-state index in [1.165, 1.54) is 54.5 Å². The van der Waals surface area contributed by atoms with Crippen LogP contribution in [0.15, 0.2) is 199 Å². The molecular formula is C50H32N2O. The van der Waals surface area contributed by atoms with E-state index in [4.69, 9.17) is 4.42 Å². The van der Waals surface area contributed by atoms with Crippen molar-refractivity contribution in [1.29, 1.82) is 0 Å². The Kier molecular flexibility index (Phi) is 6.55. The SMILES string of the molecule is c1ccc(-n2c3ccc(N(c4ccc(-c5cccc6ccccc56)cc4)c4cccc5c4oc4ccccc45)cc3c3cc4ccccc4cc32)cc1. The summed E-state index contributed by atoms with van der Waals surface area (Å²) in [5.41, 5.74) is 10.8. The van der Waals surface area contributed by atoms with Gasteiger partial charge in [0, 0.05) is 38.6 Å². The van der Waals surface area contributed by atoms with E-state index in [0.717, 1.165) is 44.7 Å². The number of para-hydroxylation sites is 3. The number of fused-ring (bicyclic) bond motifs is 8. The minimum absolute atomic E-state index is 0.865. The van der Waals surface area contributed by atoms with Crippen LogP contribution in [-0.2, 0) is 0 Å². The average Bonchev–Trinajstić information content (AvgIpc) is 3.76. The second-order valence-corrected chi connectivity index (χ2v) is 13.7. The van der Waals surface area contributed by atoms with Crippen LogP contribution >= 0.6 is 0 Å². The molecule has 0 bridgehead atoms. The van der Waals surface area contributed by atoms with Crippen LogP contribution in [0.4, 0.5) is 17.1 Å². The number of benzene rings is 9. The maximum absolute atomic E-state index is 6.67. The first-order valence-corrected chi connectivity index (χ1v) is 18.1. The second kappa shape index (κ2) is 11.7. The van der Waals surface area contributed by atoms with Gasteiger partial charge in [0.15, 0.2) is 5.58 Å². The number of hydrogen-bond acceptors (Lipinski definition) is 2. The largest absolute Gasteiger partial charge is 0.454 e. The highest BCUT2D eigenvalue weighted by Crippen LogP contribution is 2.45. The number of anilines is 3. The topological polar surface area (TPSA) is 21.3 Å². The molecule has 53 heavy (non-hydrogen) atoms. The normalized spacial score (nSPS) is 11.8. The summed E-state index contributed by atoms with van der Waals surface area (Å²) >= 11 is 0. The van der Waals surface area contributed by atoms with Gasteiger partial charge in [-0.2, -0.15) is 0 Å². The van der Waals surface area contributed by atoms with E-state index < -0.39 is 0 Å². The quantitative estimate of drug-likeness (QED) is 0.181. The summed E-state index contributed by atoms with van der Waals surface area (Å²) in [6.07, 6.45) is 0. The summed E-state index contributed by atoms with van der Waals surface area (Å²) in [7, 11) is 0. The zero-order chi connectivity index (χ0) is 34.9. The van der Waals surface area contributed by atoms with Crippen molar-refractivity contribution in [3.8, 4) is 16.8 Å². The molecule has 11 aromatic rings. The van der Waals surface area contributed by atoms with Crippen molar-refractivity contribution in [2.24, 2.45) is 0 Å². The molecule has 2 heterocycles. The van der Waals surface area contributed by atoms with Gasteiger partial charge in [0.2, 0.25) is 0 Å². The van der Waals surface area contributed by atoms with E-state index in [2.05, 4.69) is 198 Å². The van der Waals surface area contributed by atoms with Gasteiger partial charge in [-0.15, -0.1) is 0 Å². The van der Waals surface area contributed by atoms with Crippen molar-refractivity contribution in [3.05, 3.63) is 194 Å². The standard InChI is InChI=1S/C50H32N2O/c1-2-16-37(17-3-1)52-46-29-28-39(32-45(46)44-30-35-13-4-5-14-36(35)31-48(44)52)51(47-22-11-21-43-42-19-8-9-23-49(42)53-50(43)47)38-26-24-34(25-27-38)41-20-10-15-33-12-6-7-18-40(33)41/h1-32H. The van der Waals surface area contributed by atoms with E-state index in [0.29, 0.717) is 0 Å². The van der Waals surface area contributed by atoms with E-state index in [9.17, 15) is 0 Å². The molecule has 0 atom stereocenters. The molecule has 0 unspecified atom stereocenters. The summed E-state index contributed by atoms with van der Waals surface area (Å²) in [6, 6.07) is 69.8. The van der Waals surface area contributed by atoms with Gasteiger partial charge in [0.25, 0.3) is 0 Å². The highest BCUT2D eigenvalue weighted by molar-refractivity contribution is 6.15. The fourth-order valence-corrected chi connectivity index (χ4v) is 8.29. The van der Waals surface area contributed by atoms with Crippen molar-refractivity contribution in [2.75, 3.05) is 4.90 Å². The van der Waals surface area contributed by atoms with Crippen LogP contribution < -0.4 is 4.90 Å². The molecular weight excluding hydrogens is 645 g/mol. The zero-order valence-electron chi connectivity index (χ0n) is 28.8. The van der Waals surface area contributed by atoms with Crippen LogP contribution in [-0.4, -0.2) is 4.57 Å². The first-order chi connectivity index (χ1) is 26.3. The molecule has 0 radical (unpaired) electrons. The van der Waals surface area contributed by atoms with Crippen molar-refractivity contribution in [1.82, 2.24) is 4.57 Å². The van der Waals surface area contributed by atoms with Crippen molar-refractivity contribution in [2.45, 2.75) is 0 Å². The molecule has 248 valence electrons. The molecule has 0 amide bonds. The van der Waals surface area contributed by atoms with E-state index in [1.54, 1.807) is 0 Å². The molecule has 0 saturated heterocycles. The Bertz CT molecular complexity index is 3160. The van der Waals surface area contributed by atoms with Crippen LogP contribution in [0.25, 0.3) is 82.1 Å². The van der Waals surface area contributed by atoms with Crippen LogP contribution in [0.5, 0.6) is 0 Å². The fraction of sp³-hybridized carbons (Fsp3) is 0. The number of furan rings is 1. The van der Waals surface area contributed by atoms with E-state index in [-0.39, 0.29) is 0 Å². The minimum Gasteiger partial charge on any atom is -0.454 e. The van der Waals surface area contributed by atoms with Gasteiger partial charge in [-0.05, 0) is 99.4 Å². The Labute approximate surface area is 306 Å². The van der Waals surface area contributed by atoms with Gasteiger partial charge in [-0.3, -0.25) is 0 Å². The average molecular weight is 677 g/mol. The molecule has 0 aliphatic carbocycles. The summed E-state index contributed by atoms with van der Waals surface area (Å²) < 4.78 is 9.06. The molecule has 0 N–H and O–H groups in total. The molecule has 0 aliphatic heterocycles. The Morgan fingerprint density at radius 2 is 1.04 bits per heavy atom. The lowest BCUT2D eigenvalue weighted by Crippen LogP contribution is -2.10. The maximum Gasteiger partial charge on any atom is 0.159 e. The summed E-state index contributed by atoms with van der Waals surface area (Å²) in [4.78, 5) is 2.35. The predicted molar refractivity (Wildman–Crippen MR) is 223 cm³/mol. The molecule has 9 aromatic carbocycles. The van der Waals surface area contributed by atoms with Crippen LogP contribution in [0.1, 0.15) is 0 Å². The van der Waals surface area contributed by atoms with Crippen LogP contribution in [0.2, 0.25) is 0 Å². The maximum atomic E-state index is 6.67. The third-order valence-electron chi connectivity index (χ3n) is 10.7. The molecule has 11 rings (SSSR count). The van der Waals surface area contributed by atoms with E-state index >= 15 is 0 Å². The monoisotopic (exact) mass is 676 g/mol. The highest BCUT2D eigenvalue weighted by Gasteiger charge is 2.22. The molecule has 2 aromatic heterocycles. The van der Waals surface area contributed by atoms with Gasteiger partial charge < -0.3 is 13.9 Å². The lowest BCUT2D eigenvalue weighted by molar-refractivity contribution is 0.669. The molecule has 0 saturated carbocycles. The summed E-state index contributed by atoms with van der Waals surface area (Å²) in [6.45, 7) is 0. The molecule has 0 aliphatic rings. The van der Waals surface area contributed by atoms with Gasteiger partial charge >= 0.3 is 0 Å². The first-order valence-electron chi connectivity index (χ1n) is 18.1. The summed E-state index contributed by atoms with van der Waals surface area (Å²) in [5.74, 6) is 0. The van der Waals surface area contributed by atoms with E-state index in [1.807, 2.05) is 6.07 Å².